The van der Waals surface area contributed by atoms with Crippen LogP contribution in [-0.4, -0.2) is 28.3 Å². The van der Waals surface area contributed by atoms with Crippen LogP contribution < -0.4 is 5.32 Å². The number of nitrogens with zero attached hydrogens (tertiary/aromatic N) is 2. The second kappa shape index (κ2) is 8.52. The van der Waals surface area contributed by atoms with E-state index in [1.807, 2.05) is 0 Å². The van der Waals surface area contributed by atoms with Gasteiger partial charge in [0, 0.05) is 23.8 Å². The van der Waals surface area contributed by atoms with Crippen molar-refractivity contribution in [3.05, 3.63) is 73.8 Å². The predicted molar refractivity (Wildman–Crippen MR) is 94.5 cm³/mol. The topological polar surface area (TPSA) is 142 Å². The van der Waals surface area contributed by atoms with E-state index in [0.717, 1.165) is 12.1 Å². The summed E-state index contributed by atoms with van der Waals surface area (Å²) in [6.45, 7) is 1.72. The van der Waals surface area contributed by atoms with Gasteiger partial charge in [-0.05, 0) is 24.6 Å². The lowest BCUT2D eigenvalue weighted by Gasteiger charge is -2.10. The number of nitro groups is 2. The van der Waals surface area contributed by atoms with Crippen LogP contribution in [0.25, 0.3) is 0 Å². The van der Waals surface area contributed by atoms with Gasteiger partial charge >= 0.3 is 5.97 Å². The van der Waals surface area contributed by atoms with Crippen molar-refractivity contribution in [2.45, 2.75) is 13.3 Å². The molecule has 1 amide bonds. The summed E-state index contributed by atoms with van der Waals surface area (Å²) in [7, 11) is 0. The molecule has 1 N–H and O–H groups in total. The van der Waals surface area contributed by atoms with E-state index in [1.165, 1.54) is 30.3 Å². The molecule has 0 aliphatic carbocycles. The van der Waals surface area contributed by atoms with Crippen LogP contribution in [-0.2, 0) is 16.0 Å². The number of para-hydroxylation sites is 2. The normalized spacial score (nSPS) is 10.1. The fourth-order valence-corrected chi connectivity index (χ4v) is 2.36. The first-order valence-electron chi connectivity index (χ1n) is 7.81. The van der Waals surface area contributed by atoms with Crippen LogP contribution in [0.4, 0.5) is 17.1 Å². The molecule has 0 aliphatic rings. The van der Waals surface area contributed by atoms with Gasteiger partial charge in [0.25, 0.3) is 17.3 Å². The van der Waals surface area contributed by atoms with Gasteiger partial charge in [-0.1, -0.05) is 12.1 Å². The lowest BCUT2D eigenvalue weighted by molar-refractivity contribution is -0.384. The molecule has 0 bridgehead atoms. The van der Waals surface area contributed by atoms with E-state index in [2.05, 4.69) is 5.32 Å². The highest BCUT2D eigenvalue weighted by Crippen LogP contribution is 2.25. The Kier molecular flexibility index (Phi) is 6.15. The van der Waals surface area contributed by atoms with Crippen molar-refractivity contribution in [1.29, 1.82) is 0 Å². The molecular formula is C17H15N3O7. The minimum atomic E-state index is -0.738. The summed E-state index contributed by atoms with van der Waals surface area (Å²) in [6.07, 6.45) is -0.352. The number of amides is 1. The molecule has 0 heterocycles. The number of ether oxygens (including phenoxy) is 1. The SMILES string of the molecule is CCOC(=O)Cc1cc([N+](=O)[O-])ccc1C(=O)Nc1ccccc1[N+](=O)[O-]. The summed E-state index contributed by atoms with van der Waals surface area (Å²) in [5, 5.41) is 24.4. The number of rotatable bonds is 7. The molecule has 0 radical (unpaired) electrons. The van der Waals surface area contributed by atoms with Crippen LogP contribution in [0.2, 0.25) is 0 Å². The maximum Gasteiger partial charge on any atom is 0.310 e. The van der Waals surface area contributed by atoms with Crippen LogP contribution in [0.5, 0.6) is 0 Å². The van der Waals surface area contributed by atoms with E-state index >= 15 is 0 Å². The van der Waals surface area contributed by atoms with Gasteiger partial charge in [0.15, 0.2) is 0 Å². The predicted octanol–water partition coefficient (Wildman–Crippen LogP) is 2.86. The number of esters is 1. The van der Waals surface area contributed by atoms with Crippen molar-refractivity contribution < 1.29 is 24.2 Å². The fraction of sp³-hybridized carbons (Fsp3) is 0.176. The standard InChI is InChI=1S/C17H15N3O7/c1-2-27-16(21)10-11-9-12(19(23)24)7-8-13(11)17(22)18-14-5-3-4-6-15(14)20(25)26/h3-9H,2,10H2,1H3,(H,18,22). The van der Waals surface area contributed by atoms with Crippen LogP contribution in [0.3, 0.4) is 0 Å². The summed E-state index contributed by atoms with van der Waals surface area (Å²) in [4.78, 5) is 45.1. The Morgan fingerprint density at radius 3 is 2.41 bits per heavy atom. The molecule has 0 aromatic heterocycles. The number of benzene rings is 2. The average Bonchev–Trinajstić information content (AvgIpc) is 2.61. The van der Waals surface area contributed by atoms with Gasteiger partial charge < -0.3 is 10.1 Å². The molecule has 2 aromatic carbocycles. The van der Waals surface area contributed by atoms with Crippen LogP contribution in [0.15, 0.2) is 42.5 Å². The number of carbonyl (C=O) groups is 2. The van der Waals surface area contributed by atoms with E-state index in [9.17, 15) is 29.8 Å². The molecular weight excluding hydrogens is 358 g/mol. The molecule has 2 aromatic rings. The van der Waals surface area contributed by atoms with E-state index in [1.54, 1.807) is 6.92 Å². The Morgan fingerprint density at radius 2 is 1.78 bits per heavy atom. The van der Waals surface area contributed by atoms with E-state index in [4.69, 9.17) is 4.74 Å². The molecule has 0 unspecified atom stereocenters. The largest absolute Gasteiger partial charge is 0.466 e. The fourth-order valence-electron chi connectivity index (χ4n) is 2.36. The van der Waals surface area contributed by atoms with Crippen LogP contribution in [0, 0.1) is 20.2 Å². The lowest BCUT2D eigenvalue weighted by Crippen LogP contribution is -2.17. The van der Waals surface area contributed by atoms with Gasteiger partial charge in [0.2, 0.25) is 0 Å². The molecule has 0 fully saturated rings. The highest BCUT2D eigenvalue weighted by Gasteiger charge is 2.21. The maximum absolute atomic E-state index is 12.6. The van der Waals surface area contributed by atoms with Crippen molar-refractivity contribution >= 4 is 28.9 Å². The van der Waals surface area contributed by atoms with Gasteiger partial charge in [0.05, 0.1) is 22.9 Å². The molecule has 0 aliphatic heterocycles. The van der Waals surface area contributed by atoms with Crippen molar-refractivity contribution in [2.24, 2.45) is 0 Å². The number of carbonyl (C=O) groups excluding carboxylic acids is 2. The number of nitro benzene ring substituents is 2. The Morgan fingerprint density at radius 1 is 1.07 bits per heavy atom. The molecule has 0 saturated carbocycles. The van der Waals surface area contributed by atoms with Gasteiger partial charge in [0.1, 0.15) is 5.69 Å². The zero-order valence-electron chi connectivity index (χ0n) is 14.2. The van der Waals surface area contributed by atoms with Crippen LogP contribution in [0.1, 0.15) is 22.8 Å². The van der Waals surface area contributed by atoms with E-state index in [0.29, 0.717) is 0 Å². The number of hydrogen-bond acceptors (Lipinski definition) is 7. The van der Waals surface area contributed by atoms with E-state index in [-0.39, 0.29) is 41.2 Å². The minimum Gasteiger partial charge on any atom is -0.466 e. The molecule has 27 heavy (non-hydrogen) atoms. The Bertz CT molecular complexity index is 911. The first-order valence-corrected chi connectivity index (χ1v) is 7.81. The quantitative estimate of drug-likeness (QED) is 0.447. The maximum atomic E-state index is 12.6. The van der Waals surface area contributed by atoms with Gasteiger partial charge in [-0.2, -0.15) is 0 Å². The van der Waals surface area contributed by atoms with E-state index < -0.39 is 21.7 Å². The first-order chi connectivity index (χ1) is 12.8. The second-order valence-electron chi connectivity index (χ2n) is 5.31. The van der Waals surface area contributed by atoms with Crippen molar-refractivity contribution in [3.63, 3.8) is 0 Å². The monoisotopic (exact) mass is 373 g/mol. The number of nitrogens with one attached hydrogen (secondary N) is 1. The smallest absolute Gasteiger partial charge is 0.310 e. The molecule has 0 saturated heterocycles. The van der Waals surface area contributed by atoms with Gasteiger partial charge in [-0.25, -0.2) is 0 Å². The summed E-state index contributed by atoms with van der Waals surface area (Å²) in [5.74, 6) is -1.39. The third-order valence-corrected chi connectivity index (χ3v) is 3.53. The average molecular weight is 373 g/mol. The highest BCUT2D eigenvalue weighted by molar-refractivity contribution is 6.07. The number of non-ortho nitro benzene ring substituents is 1. The van der Waals surface area contributed by atoms with Crippen molar-refractivity contribution in [1.82, 2.24) is 0 Å². The number of hydrogen-bond donors (Lipinski definition) is 1. The summed E-state index contributed by atoms with van der Waals surface area (Å²) >= 11 is 0. The molecule has 2 rings (SSSR count). The second-order valence-corrected chi connectivity index (χ2v) is 5.31. The Labute approximate surface area is 153 Å². The van der Waals surface area contributed by atoms with Gasteiger partial charge in [-0.3, -0.25) is 29.8 Å². The molecule has 10 heteroatoms. The van der Waals surface area contributed by atoms with Crippen molar-refractivity contribution in [2.75, 3.05) is 11.9 Å². The summed E-state index contributed by atoms with van der Waals surface area (Å²) < 4.78 is 4.82. The minimum absolute atomic E-state index is 0.0215. The lowest BCUT2D eigenvalue weighted by atomic mass is 10.0. The third kappa shape index (κ3) is 4.84. The molecule has 10 nitrogen and oxygen atoms in total. The van der Waals surface area contributed by atoms with Gasteiger partial charge in [-0.15, -0.1) is 0 Å². The molecule has 0 atom stereocenters. The zero-order valence-corrected chi connectivity index (χ0v) is 14.2. The first kappa shape index (κ1) is 19.5. The Hall–Kier alpha value is -3.82. The highest BCUT2D eigenvalue weighted by atomic mass is 16.6. The van der Waals surface area contributed by atoms with Crippen molar-refractivity contribution in [3.8, 4) is 0 Å². The number of anilines is 1. The zero-order chi connectivity index (χ0) is 20.0. The summed E-state index contributed by atoms with van der Waals surface area (Å²) in [6, 6.07) is 8.95. The molecule has 0 spiro atoms. The Balaban J connectivity index is 2.38. The molecule has 140 valence electrons. The summed E-state index contributed by atoms with van der Waals surface area (Å²) in [5.41, 5.74) is -0.574. The van der Waals surface area contributed by atoms with Crippen LogP contribution >= 0.6 is 0 Å². The third-order valence-electron chi connectivity index (χ3n) is 3.53.